The Kier molecular flexibility index (Phi) is 5.79. The molecule has 8 rings (SSSR count). The second-order valence-corrected chi connectivity index (χ2v) is 14.5. The van der Waals surface area contributed by atoms with Crippen LogP contribution in [0.15, 0.2) is 36.5 Å². The van der Waals surface area contributed by atoms with Crippen molar-refractivity contribution < 1.29 is 13.2 Å². The van der Waals surface area contributed by atoms with Gasteiger partial charge in [-0.3, -0.25) is 4.79 Å². The van der Waals surface area contributed by atoms with E-state index >= 15 is 0 Å². The Morgan fingerprint density at radius 2 is 1.68 bits per heavy atom. The molecular formula is C28H36N6O3S. The van der Waals surface area contributed by atoms with Crippen LogP contribution in [0.25, 0.3) is 0 Å². The lowest BCUT2D eigenvalue weighted by molar-refractivity contribution is -0.147. The summed E-state index contributed by atoms with van der Waals surface area (Å²) in [5.41, 5.74) is 1.76. The maximum absolute atomic E-state index is 13.2. The number of amides is 1. The highest BCUT2D eigenvalue weighted by Crippen LogP contribution is 2.60. The smallest absolute Gasteiger partial charge is 0.229 e. The second-order valence-electron chi connectivity index (χ2n) is 12.2. The van der Waals surface area contributed by atoms with Crippen LogP contribution < -0.4 is 20.9 Å². The van der Waals surface area contributed by atoms with E-state index in [1.807, 2.05) is 30.3 Å². The van der Waals surface area contributed by atoms with Crippen LogP contribution in [0, 0.1) is 23.2 Å². The molecule has 10 heteroatoms. The van der Waals surface area contributed by atoms with Crippen LogP contribution in [0.1, 0.15) is 44.9 Å². The first-order valence-electron chi connectivity index (χ1n) is 14.1. The summed E-state index contributed by atoms with van der Waals surface area (Å²) in [7, 11) is -2.90. The average Bonchev–Trinajstić information content (AvgIpc) is 3.71. The van der Waals surface area contributed by atoms with Gasteiger partial charge in [0.25, 0.3) is 0 Å². The van der Waals surface area contributed by atoms with Gasteiger partial charge in [0, 0.05) is 42.7 Å². The first kappa shape index (κ1) is 24.2. The summed E-state index contributed by atoms with van der Waals surface area (Å²) in [4.78, 5) is 24.5. The highest BCUT2D eigenvalue weighted by atomic mass is 32.2. The fourth-order valence-electron chi connectivity index (χ4n) is 7.63. The highest BCUT2D eigenvalue weighted by molar-refractivity contribution is 7.91. The largest absolute Gasteiger partial charge is 0.369 e. The SMILES string of the molecule is O=C(NC1CC1)[C@]12CC3CC(C1)[C@H](Nc1ccnc(Nc4ccc(N5CCS(=O)(=O)CC5)cc4)n1)C(C3)C2. The van der Waals surface area contributed by atoms with Gasteiger partial charge in [-0.25, -0.2) is 13.4 Å². The average molecular weight is 537 g/mol. The first-order valence-corrected chi connectivity index (χ1v) is 15.9. The summed E-state index contributed by atoms with van der Waals surface area (Å²) in [5, 5.41) is 10.4. The van der Waals surface area contributed by atoms with Crippen LogP contribution in [0.2, 0.25) is 0 Å². The summed E-state index contributed by atoms with van der Waals surface area (Å²) in [6.45, 7) is 1.06. The van der Waals surface area contributed by atoms with E-state index in [2.05, 4.69) is 25.8 Å². The van der Waals surface area contributed by atoms with Gasteiger partial charge in [0.1, 0.15) is 5.82 Å². The van der Waals surface area contributed by atoms with Crippen molar-refractivity contribution in [3.63, 3.8) is 0 Å². The number of sulfone groups is 1. The summed E-state index contributed by atoms with van der Waals surface area (Å²) < 4.78 is 23.4. The molecule has 6 aliphatic rings. The van der Waals surface area contributed by atoms with Gasteiger partial charge in [-0.1, -0.05) is 0 Å². The highest BCUT2D eigenvalue weighted by Gasteiger charge is 2.58. The molecule has 1 saturated heterocycles. The van der Waals surface area contributed by atoms with Crippen LogP contribution >= 0.6 is 0 Å². The number of nitrogens with one attached hydrogen (secondary N) is 3. The Balaban J connectivity index is 0.998. The Bertz CT molecular complexity index is 1300. The van der Waals surface area contributed by atoms with Gasteiger partial charge in [0.05, 0.1) is 16.9 Å². The lowest BCUT2D eigenvalue weighted by atomic mass is 9.47. The van der Waals surface area contributed by atoms with E-state index in [0.717, 1.165) is 49.3 Å². The van der Waals surface area contributed by atoms with Crippen molar-refractivity contribution in [1.29, 1.82) is 0 Å². The summed E-state index contributed by atoms with van der Waals surface area (Å²) in [6, 6.07) is 10.7. The van der Waals surface area contributed by atoms with Crippen molar-refractivity contribution in [2.75, 3.05) is 40.1 Å². The van der Waals surface area contributed by atoms with E-state index in [0.29, 0.717) is 54.8 Å². The zero-order chi connectivity index (χ0) is 25.9. The first-order chi connectivity index (χ1) is 18.3. The van der Waals surface area contributed by atoms with Crippen molar-refractivity contribution in [2.24, 2.45) is 23.2 Å². The van der Waals surface area contributed by atoms with Crippen LogP contribution in [-0.2, 0) is 14.6 Å². The number of hydrogen-bond acceptors (Lipinski definition) is 8. The molecule has 2 unspecified atom stereocenters. The minimum Gasteiger partial charge on any atom is -0.369 e. The number of rotatable bonds is 7. The van der Waals surface area contributed by atoms with E-state index in [4.69, 9.17) is 4.98 Å². The van der Waals surface area contributed by atoms with E-state index in [1.165, 1.54) is 12.8 Å². The zero-order valence-corrected chi connectivity index (χ0v) is 22.4. The molecule has 38 heavy (non-hydrogen) atoms. The number of nitrogens with zero attached hydrogens (tertiary/aromatic N) is 3. The molecule has 1 aromatic heterocycles. The Morgan fingerprint density at radius 3 is 2.37 bits per heavy atom. The van der Waals surface area contributed by atoms with Gasteiger partial charge >= 0.3 is 0 Å². The van der Waals surface area contributed by atoms with E-state index in [-0.39, 0.29) is 16.9 Å². The molecule has 5 aliphatic carbocycles. The number of aromatic nitrogens is 2. The number of benzene rings is 1. The molecule has 1 aliphatic heterocycles. The summed E-state index contributed by atoms with van der Waals surface area (Å²) in [5.74, 6) is 3.79. The monoisotopic (exact) mass is 536 g/mol. The van der Waals surface area contributed by atoms with Gasteiger partial charge in [0.15, 0.2) is 9.84 Å². The van der Waals surface area contributed by atoms with E-state index in [1.54, 1.807) is 6.20 Å². The number of hydrogen-bond donors (Lipinski definition) is 3. The molecule has 202 valence electrons. The molecule has 2 atom stereocenters. The molecule has 9 nitrogen and oxygen atoms in total. The molecule has 3 N–H and O–H groups in total. The van der Waals surface area contributed by atoms with Crippen LogP contribution in [-0.4, -0.2) is 61.0 Å². The van der Waals surface area contributed by atoms with Gasteiger partial charge in [0.2, 0.25) is 11.9 Å². The van der Waals surface area contributed by atoms with Crippen molar-refractivity contribution >= 4 is 38.9 Å². The van der Waals surface area contributed by atoms with Gasteiger partial charge < -0.3 is 20.9 Å². The fraction of sp³-hybridized carbons (Fsp3) is 0.607. The van der Waals surface area contributed by atoms with Gasteiger partial charge in [-0.2, -0.15) is 4.98 Å². The van der Waals surface area contributed by atoms with Gasteiger partial charge in [-0.05, 0) is 93.0 Å². The molecule has 0 spiro atoms. The predicted molar refractivity (Wildman–Crippen MR) is 147 cm³/mol. The molecular weight excluding hydrogens is 500 g/mol. The second kappa shape index (κ2) is 9.10. The maximum Gasteiger partial charge on any atom is 0.229 e. The predicted octanol–water partition coefficient (Wildman–Crippen LogP) is 3.34. The van der Waals surface area contributed by atoms with Crippen LogP contribution in [0.3, 0.4) is 0 Å². The normalized spacial score (nSPS) is 33.1. The molecule has 1 amide bonds. The topological polar surface area (TPSA) is 116 Å². The van der Waals surface area contributed by atoms with Crippen LogP contribution in [0.4, 0.5) is 23.1 Å². The lowest BCUT2D eigenvalue weighted by Gasteiger charge is -2.59. The fourth-order valence-corrected chi connectivity index (χ4v) is 8.83. The quantitative estimate of drug-likeness (QED) is 0.494. The van der Waals surface area contributed by atoms with E-state index in [9.17, 15) is 13.2 Å². The Hall–Kier alpha value is -2.88. The summed E-state index contributed by atoms with van der Waals surface area (Å²) >= 11 is 0. The molecule has 6 fully saturated rings. The number of carbonyl (C=O) groups is 1. The molecule has 1 aromatic carbocycles. The third-order valence-electron chi connectivity index (χ3n) is 9.47. The molecule has 0 radical (unpaired) electrons. The molecule has 2 heterocycles. The van der Waals surface area contributed by atoms with Crippen molar-refractivity contribution in [2.45, 2.75) is 57.0 Å². The molecule has 5 saturated carbocycles. The van der Waals surface area contributed by atoms with E-state index < -0.39 is 9.84 Å². The molecule has 4 bridgehead atoms. The Morgan fingerprint density at radius 1 is 0.974 bits per heavy atom. The number of anilines is 4. The van der Waals surface area contributed by atoms with Crippen molar-refractivity contribution in [3.8, 4) is 0 Å². The lowest BCUT2D eigenvalue weighted by Crippen LogP contribution is -2.60. The third kappa shape index (κ3) is 4.72. The molecule has 2 aromatic rings. The van der Waals surface area contributed by atoms with Crippen molar-refractivity contribution in [3.05, 3.63) is 36.5 Å². The zero-order valence-electron chi connectivity index (χ0n) is 21.6. The number of carbonyl (C=O) groups excluding carboxylic acids is 1. The minimum absolute atomic E-state index is 0.149. The maximum atomic E-state index is 13.2. The standard InChI is InChI=1S/C28H36N6O3S/c35-26(30-21-1-2-21)28-15-18-13-19(16-28)25(20(14-18)17-28)32-24-7-8-29-27(33-24)31-22-3-5-23(6-4-22)34-9-11-38(36,37)12-10-34/h3-8,18-21,25H,1-2,9-17H2,(H,30,35)(H2,29,31,32,33)/t18?,19?,20?,25-,28+. The van der Waals surface area contributed by atoms with Crippen molar-refractivity contribution in [1.82, 2.24) is 15.3 Å². The van der Waals surface area contributed by atoms with Gasteiger partial charge in [-0.15, -0.1) is 0 Å². The summed E-state index contributed by atoms with van der Waals surface area (Å²) in [6.07, 6.45) is 9.52. The minimum atomic E-state index is -2.90. The third-order valence-corrected chi connectivity index (χ3v) is 11.1. The Labute approximate surface area is 224 Å². The van der Waals surface area contributed by atoms with Crippen LogP contribution in [0.5, 0.6) is 0 Å².